The first-order valence-electron chi connectivity index (χ1n) is 9.95. The molecule has 160 valence electrons. The predicted molar refractivity (Wildman–Crippen MR) is 105 cm³/mol. The number of alkyl halides is 3. The number of anilines is 1. The van der Waals surface area contributed by atoms with Crippen LogP contribution in [0.4, 0.5) is 19.2 Å². The summed E-state index contributed by atoms with van der Waals surface area (Å²) in [6.07, 6.45) is -1.32. The molecule has 5 rings (SSSR count). The maximum Gasteiger partial charge on any atom is 0.470 e. The Balaban J connectivity index is 1.55. The van der Waals surface area contributed by atoms with E-state index in [1.165, 1.54) is 0 Å². The van der Waals surface area contributed by atoms with E-state index in [0.29, 0.717) is 30.5 Å². The Labute approximate surface area is 175 Å². The van der Waals surface area contributed by atoms with Crippen LogP contribution in [0.25, 0.3) is 10.9 Å². The fourth-order valence-electron chi connectivity index (χ4n) is 4.57. The highest BCUT2D eigenvalue weighted by molar-refractivity contribution is 6.31. The van der Waals surface area contributed by atoms with Gasteiger partial charge in [-0.05, 0) is 55.4 Å². The van der Waals surface area contributed by atoms with Gasteiger partial charge in [0.05, 0.1) is 6.04 Å². The van der Waals surface area contributed by atoms with Crippen molar-refractivity contribution in [2.45, 2.75) is 37.9 Å². The van der Waals surface area contributed by atoms with E-state index in [9.17, 15) is 13.2 Å². The molecule has 1 N–H and O–H groups in total. The molecule has 0 spiro atoms. The van der Waals surface area contributed by atoms with Gasteiger partial charge in [-0.1, -0.05) is 16.7 Å². The van der Waals surface area contributed by atoms with Gasteiger partial charge in [-0.3, -0.25) is 0 Å². The predicted octanol–water partition coefficient (Wildman–Crippen LogP) is 5.14. The largest absolute Gasteiger partial charge is 0.470 e. The van der Waals surface area contributed by atoms with Gasteiger partial charge < -0.3 is 19.0 Å². The number of hydrogen-bond donors (Lipinski definition) is 1. The summed E-state index contributed by atoms with van der Waals surface area (Å²) < 4.78 is 49.7. The van der Waals surface area contributed by atoms with E-state index in [1.54, 1.807) is 4.90 Å². The zero-order valence-electron chi connectivity index (χ0n) is 16.0. The minimum atomic E-state index is -4.67. The molecule has 1 saturated heterocycles. The number of rotatable bonds is 3. The van der Waals surface area contributed by atoms with Crippen molar-refractivity contribution in [3.05, 3.63) is 40.4 Å². The summed E-state index contributed by atoms with van der Waals surface area (Å²) >= 11 is 6.20. The Morgan fingerprint density at radius 2 is 2.13 bits per heavy atom. The first-order chi connectivity index (χ1) is 14.4. The highest BCUT2D eigenvalue weighted by Crippen LogP contribution is 2.42. The molecule has 2 aliphatic rings. The average Bonchev–Trinajstić information content (AvgIpc) is 3.34. The number of benzene rings is 1. The van der Waals surface area contributed by atoms with E-state index in [2.05, 4.69) is 15.2 Å². The Kier molecular flexibility index (Phi) is 4.89. The van der Waals surface area contributed by atoms with Crippen LogP contribution in [-0.4, -0.2) is 34.9 Å². The topological polar surface area (TPSA) is 67.2 Å². The Hall–Kier alpha value is -2.26. The molecule has 10 heteroatoms. The highest BCUT2D eigenvalue weighted by atomic mass is 35.5. The van der Waals surface area contributed by atoms with Gasteiger partial charge in [-0.25, -0.2) is 0 Å². The normalized spacial score (nSPS) is 22.5. The van der Waals surface area contributed by atoms with Crippen molar-refractivity contribution in [1.82, 2.24) is 15.2 Å². The Morgan fingerprint density at radius 3 is 2.87 bits per heavy atom. The average molecular weight is 441 g/mol. The summed E-state index contributed by atoms with van der Waals surface area (Å²) in [6.45, 7) is 1.87. The van der Waals surface area contributed by atoms with Crippen molar-refractivity contribution >= 4 is 28.5 Å². The number of fused-ring (bicyclic) bond motifs is 3. The van der Waals surface area contributed by atoms with Crippen molar-refractivity contribution in [2.24, 2.45) is 5.92 Å². The van der Waals surface area contributed by atoms with Crippen LogP contribution in [0.1, 0.15) is 42.5 Å². The third-order valence-electron chi connectivity index (χ3n) is 5.93. The molecule has 4 heterocycles. The second-order valence-electron chi connectivity index (χ2n) is 7.87. The lowest BCUT2D eigenvalue weighted by Gasteiger charge is -2.37. The summed E-state index contributed by atoms with van der Waals surface area (Å²) in [5.41, 5.74) is 3.06. The summed E-state index contributed by atoms with van der Waals surface area (Å²) in [4.78, 5) is 5.25. The van der Waals surface area contributed by atoms with E-state index in [4.69, 9.17) is 20.8 Å². The number of nitrogens with one attached hydrogen (secondary N) is 1. The van der Waals surface area contributed by atoms with Crippen LogP contribution in [0.2, 0.25) is 5.02 Å². The maximum absolute atomic E-state index is 13.0. The van der Waals surface area contributed by atoms with Crippen molar-refractivity contribution in [3.8, 4) is 0 Å². The molecule has 1 aromatic carbocycles. The quantitative estimate of drug-likeness (QED) is 0.610. The van der Waals surface area contributed by atoms with Gasteiger partial charge in [-0.2, -0.15) is 13.2 Å². The SMILES string of the molecule is FC(F)(F)c1nnc(N2CCc3c([nH]c4ccc(Cl)cc34)[C@@H]2C[C@@H]2CCCOC2)o1. The van der Waals surface area contributed by atoms with E-state index in [-0.39, 0.29) is 12.1 Å². The number of ether oxygens (including phenoxy) is 1. The van der Waals surface area contributed by atoms with Gasteiger partial charge >= 0.3 is 18.1 Å². The molecule has 30 heavy (non-hydrogen) atoms. The first kappa shape index (κ1) is 19.7. The van der Waals surface area contributed by atoms with Crippen LogP contribution < -0.4 is 4.90 Å². The third-order valence-corrected chi connectivity index (χ3v) is 6.16. The fraction of sp³-hybridized carbons (Fsp3) is 0.500. The lowest BCUT2D eigenvalue weighted by molar-refractivity contribution is -0.157. The van der Waals surface area contributed by atoms with E-state index in [1.807, 2.05) is 18.2 Å². The number of hydrogen-bond acceptors (Lipinski definition) is 5. The molecule has 2 atom stereocenters. The molecule has 0 radical (unpaired) electrons. The highest BCUT2D eigenvalue weighted by Gasteiger charge is 2.41. The van der Waals surface area contributed by atoms with Crippen molar-refractivity contribution in [1.29, 1.82) is 0 Å². The van der Waals surface area contributed by atoms with Crippen molar-refractivity contribution in [3.63, 3.8) is 0 Å². The van der Waals surface area contributed by atoms with E-state index < -0.39 is 12.1 Å². The molecule has 1 fully saturated rings. The van der Waals surface area contributed by atoms with Crippen molar-refractivity contribution in [2.75, 3.05) is 24.7 Å². The zero-order valence-corrected chi connectivity index (χ0v) is 16.8. The smallest absolute Gasteiger partial charge is 0.399 e. The maximum atomic E-state index is 13.0. The Morgan fingerprint density at radius 1 is 1.27 bits per heavy atom. The van der Waals surface area contributed by atoms with Crippen LogP contribution in [0.3, 0.4) is 0 Å². The first-order valence-corrected chi connectivity index (χ1v) is 10.3. The minimum absolute atomic E-state index is 0.105. The number of H-pyrrole nitrogens is 1. The fourth-order valence-corrected chi connectivity index (χ4v) is 4.74. The lowest BCUT2D eigenvalue weighted by atomic mass is 9.88. The third kappa shape index (κ3) is 3.54. The van der Waals surface area contributed by atoms with Gasteiger partial charge in [-0.15, -0.1) is 5.10 Å². The molecule has 2 aromatic heterocycles. The van der Waals surface area contributed by atoms with Gasteiger partial charge in [0, 0.05) is 41.4 Å². The summed E-state index contributed by atoms with van der Waals surface area (Å²) in [7, 11) is 0. The number of nitrogens with zero attached hydrogens (tertiary/aromatic N) is 3. The lowest BCUT2D eigenvalue weighted by Crippen LogP contribution is -2.37. The molecule has 3 aromatic rings. The van der Waals surface area contributed by atoms with Gasteiger partial charge in [0.25, 0.3) is 0 Å². The van der Waals surface area contributed by atoms with E-state index >= 15 is 0 Å². The van der Waals surface area contributed by atoms with Gasteiger partial charge in [0.2, 0.25) is 0 Å². The summed E-state index contributed by atoms with van der Waals surface area (Å²) in [5.74, 6) is -1.02. The molecule has 6 nitrogen and oxygen atoms in total. The zero-order chi connectivity index (χ0) is 20.9. The minimum Gasteiger partial charge on any atom is -0.399 e. The number of halogens is 4. The number of aromatic nitrogens is 3. The standard InChI is InChI=1S/C20H20ClF3N4O2/c21-12-3-4-15-14(9-12)13-5-6-28(19-27-26-18(30-19)20(22,23)24)16(17(13)25-15)8-11-2-1-7-29-10-11/h3-4,9,11,16,25H,1-2,5-8,10H2/t11-,16-/m0/s1. The molecule has 0 saturated carbocycles. The van der Waals surface area contributed by atoms with Crippen LogP contribution >= 0.6 is 11.6 Å². The molecule has 0 unspecified atom stereocenters. The second kappa shape index (κ2) is 7.46. The van der Waals surface area contributed by atoms with E-state index in [0.717, 1.165) is 48.0 Å². The molecular weight excluding hydrogens is 421 g/mol. The van der Waals surface area contributed by atoms with Gasteiger partial charge in [0.15, 0.2) is 0 Å². The van der Waals surface area contributed by atoms with Crippen LogP contribution in [-0.2, 0) is 17.3 Å². The molecule has 0 amide bonds. The summed E-state index contributed by atoms with van der Waals surface area (Å²) in [6, 6.07) is 5.35. The van der Waals surface area contributed by atoms with Gasteiger partial charge in [0.1, 0.15) is 0 Å². The molecule has 0 bridgehead atoms. The van der Waals surface area contributed by atoms with Crippen molar-refractivity contribution < 1.29 is 22.3 Å². The number of aromatic amines is 1. The Bertz CT molecular complexity index is 1060. The van der Waals surface area contributed by atoms with Crippen LogP contribution in [0.5, 0.6) is 0 Å². The second-order valence-corrected chi connectivity index (χ2v) is 8.31. The van der Waals surface area contributed by atoms with Crippen LogP contribution in [0.15, 0.2) is 22.6 Å². The molecule has 2 aliphatic heterocycles. The van der Waals surface area contributed by atoms with Crippen LogP contribution in [0, 0.1) is 5.92 Å². The summed E-state index contributed by atoms with van der Waals surface area (Å²) in [5, 5.41) is 8.63. The molecule has 0 aliphatic carbocycles. The monoisotopic (exact) mass is 440 g/mol. The molecular formula is C20H20ClF3N4O2.